The molecule has 3 rings (SSSR count). The molecule has 0 aromatic carbocycles. The van der Waals surface area contributed by atoms with Crippen LogP contribution >= 0.6 is 11.3 Å². The number of nitrogens with zero attached hydrogens (tertiary/aromatic N) is 2. The summed E-state index contributed by atoms with van der Waals surface area (Å²) in [4.78, 5) is 29.9. The molecule has 6 nitrogen and oxygen atoms in total. The maximum Gasteiger partial charge on any atom is 0.410 e. The minimum atomic E-state index is -0.431. The second-order valence-corrected chi connectivity index (χ2v) is 5.79. The number of ether oxygens (including phenoxy) is 1. The molecule has 0 atom stereocenters. The van der Waals surface area contributed by atoms with E-state index in [1.807, 2.05) is 29.6 Å². The van der Waals surface area contributed by atoms with Gasteiger partial charge in [0.1, 0.15) is 13.2 Å². The summed E-state index contributed by atoms with van der Waals surface area (Å²) in [5.41, 5.74) is 1.86. The topological polar surface area (TPSA) is 71.5 Å². The first-order valence-corrected chi connectivity index (χ1v) is 7.77. The number of aromatic nitrogens is 1. The molecule has 0 aliphatic carbocycles. The number of carbonyl (C=O) groups is 2. The Kier molecular flexibility index (Phi) is 4.34. The van der Waals surface area contributed by atoms with Gasteiger partial charge in [0.25, 0.3) is 0 Å². The van der Waals surface area contributed by atoms with E-state index in [-0.39, 0.29) is 12.5 Å². The molecule has 0 radical (unpaired) electrons. The number of hydrogen-bond donors (Lipinski definition) is 1. The molecule has 2 aromatic rings. The van der Waals surface area contributed by atoms with Crippen molar-refractivity contribution >= 4 is 23.3 Å². The number of pyridine rings is 1. The van der Waals surface area contributed by atoms with Gasteiger partial charge in [0.15, 0.2) is 0 Å². The SMILES string of the molecule is O=C(CN1CCOC1=O)NCc1ccnc(-c2cccs2)c1. The smallest absolute Gasteiger partial charge is 0.410 e. The molecule has 0 unspecified atom stereocenters. The molecule has 1 N–H and O–H groups in total. The highest BCUT2D eigenvalue weighted by Crippen LogP contribution is 2.22. The van der Waals surface area contributed by atoms with Crippen molar-refractivity contribution in [1.29, 1.82) is 0 Å². The Morgan fingerprint density at radius 3 is 3.09 bits per heavy atom. The molecule has 2 aromatic heterocycles. The molecule has 0 saturated carbocycles. The van der Waals surface area contributed by atoms with Crippen LogP contribution in [0.25, 0.3) is 10.6 Å². The van der Waals surface area contributed by atoms with Gasteiger partial charge in [-0.1, -0.05) is 6.07 Å². The molecule has 1 saturated heterocycles. The summed E-state index contributed by atoms with van der Waals surface area (Å²) >= 11 is 1.62. The Morgan fingerprint density at radius 1 is 1.45 bits per heavy atom. The summed E-state index contributed by atoms with van der Waals surface area (Å²) in [5.74, 6) is -0.201. The van der Waals surface area contributed by atoms with Crippen LogP contribution in [0, 0.1) is 0 Å². The van der Waals surface area contributed by atoms with Crippen molar-refractivity contribution in [2.45, 2.75) is 6.54 Å². The maximum absolute atomic E-state index is 11.9. The van der Waals surface area contributed by atoms with Crippen molar-refractivity contribution in [3.63, 3.8) is 0 Å². The third-order valence-corrected chi connectivity index (χ3v) is 4.16. The van der Waals surface area contributed by atoms with Gasteiger partial charge >= 0.3 is 6.09 Å². The fourth-order valence-electron chi connectivity index (χ4n) is 2.14. The van der Waals surface area contributed by atoms with E-state index in [0.717, 1.165) is 16.1 Å². The average molecular weight is 317 g/mol. The molecule has 1 fully saturated rings. The van der Waals surface area contributed by atoms with Crippen LogP contribution in [0.15, 0.2) is 35.8 Å². The average Bonchev–Trinajstić information content (AvgIpc) is 3.18. The highest BCUT2D eigenvalue weighted by Gasteiger charge is 2.23. The van der Waals surface area contributed by atoms with Crippen molar-refractivity contribution in [2.24, 2.45) is 0 Å². The van der Waals surface area contributed by atoms with Gasteiger partial charge in [0.05, 0.1) is 17.1 Å². The minimum absolute atomic E-state index is 0.0295. The zero-order valence-corrected chi connectivity index (χ0v) is 12.6. The van der Waals surface area contributed by atoms with Crippen LogP contribution in [0.5, 0.6) is 0 Å². The van der Waals surface area contributed by atoms with Crippen LogP contribution in [0.4, 0.5) is 4.79 Å². The van der Waals surface area contributed by atoms with Gasteiger partial charge in [0.2, 0.25) is 5.91 Å². The summed E-state index contributed by atoms with van der Waals surface area (Å²) in [6.07, 6.45) is 1.30. The summed E-state index contributed by atoms with van der Waals surface area (Å²) in [6.45, 7) is 1.25. The normalized spacial score (nSPS) is 14.0. The lowest BCUT2D eigenvalue weighted by Crippen LogP contribution is -2.37. The Morgan fingerprint density at radius 2 is 2.36 bits per heavy atom. The van der Waals surface area contributed by atoms with Crippen molar-refractivity contribution in [3.8, 4) is 10.6 Å². The Hall–Kier alpha value is -2.41. The van der Waals surface area contributed by atoms with Crippen molar-refractivity contribution in [1.82, 2.24) is 15.2 Å². The van der Waals surface area contributed by atoms with E-state index >= 15 is 0 Å². The van der Waals surface area contributed by atoms with Crippen LogP contribution in [-0.2, 0) is 16.1 Å². The molecule has 1 aliphatic heterocycles. The van der Waals surface area contributed by atoms with Crippen molar-refractivity contribution < 1.29 is 14.3 Å². The molecule has 3 heterocycles. The second kappa shape index (κ2) is 6.57. The molecule has 2 amide bonds. The molecule has 1 aliphatic rings. The highest BCUT2D eigenvalue weighted by atomic mass is 32.1. The van der Waals surface area contributed by atoms with E-state index in [1.54, 1.807) is 17.5 Å². The van der Waals surface area contributed by atoms with Gasteiger partial charge in [-0.25, -0.2) is 4.79 Å². The Labute approximate surface area is 131 Å². The van der Waals surface area contributed by atoms with Gasteiger partial charge in [0, 0.05) is 12.7 Å². The molecule has 22 heavy (non-hydrogen) atoms. The largest absolute Gasteiger partial charge is 0.448 e. The van der Waals surface area contributed by atoms with E-state index in [2.05, 4.69) is 10.3 Å². The van der Waals surface area contributed by atoms with Gasteiger partial charge in [-0.15, -0.1) is 11.3 Å². The third kappa shape index (κ3) is 3.43. The number of thiophene rings is 1. The third-order valence-electron chi connectivity index (χ3n) is 3.27. The Balaban J connectivity index is 1.56. The van der Waals surface area contributed by atoms with Crippen LogP contribution < -0.4 is 5.32 Å². The lowest BCUT2D eigenvalue weighted by atomic mass is 10.2. The summed E-state index contributed by atoms with van der Waals surface area (Å²) in [5, 5.41) is 4.81. The molecule has 7 heteroatoms. The summed E-state index contributed by atoms with van der Waals surface area (Å²) in [7, 11) is 0. The monoisotopic (exact) mass is 317 g/mol. The first kappa shape index (κ1) is 14.5. The first-order chi connectivity index (χ1) is 10.7. The number of cyclic esters (lactones) is 1. The number of rotatable bonds is 5. The summed E-state index contributed by atoms with van der Waals surface area (Å²) < 4.78 is 4.79. The van der Waals surface area contributed by atoms with Crippen LogP contribution in [0.3, 0.4) is 0 Å². The number of hydrogen-bond acceptors (Lipinski definition) is 5. The van der Waals surface area contributed by atoms with Crippen molar-refractivity contribution in [2.75, 3.05) is 19.7 Å². The van der Waals surface area contributed by atoms with E-state index in [9.17, 15) is 9.59 Å². The second-order valence-electron chi connectivity index (χ2n) is 4.84. The molecule has 114 valence electrons. The molecule has 0 spiro atoms. The minimum Gasteiger partial charge on any atom is -0.448 e. The Bertz CT molecular complexity index is 672. The van der Waals surface area contributed by atoms with Gasteiger partial charge in [-0.05, 0) is 29.1 Å². The zero-order chi connectivity index (χ0) is 15.4. The fourth-order valence-corrected chi connectivity index (χ4v) is 2.84. The van der Waals surface area contributed by atoms with Crippen LogP contribution in [0.2, 0.25) is 0 Å². The van der Waals surface area contributed by atoms with Gasteiger partial charge in [-0.2, -0.15) is 0 Å². The van der Waals surface area contributed by atoms with Gasteiger partial charge in [-0.3, -0.25) is 14.7 Å². The quantitative estimate of drug-likeness (QED) is 0.914. The van der Waals surface area contributed by atoms with Gasteiger partial charge < -0.3 is 10.1 Å². The van der Waals surface area contributed by atoms with E-state index in [4.69, 9.17) is 4.74 Å². The highest BCUT2D eigenvalue weighted by molar-refractivity contribution is 7.13. The van der Waals surface area contributed by atoms with Crippen LogP contribution in [-0.4, -0.2) is 41.6 Å². The molecular weight excluding hydrogens is 302 g/mol. The van der Waals surface area contributed by atoms with E-state index in [0.29, 0.717) is 19.7 Å². The predicted molar refractivity (Wildman–Crippen MR) is 82.3 cm³/mol. The molecule has 0 bridgehead atoms. The predicted octanol–water partition coefficient (Wildman–Crippen LogP) is 1.88. The lowest BCUT2D eigenvalue weighted by molar-refractivity contribution is -0.121. The maximum atomic E-state index is 11.9. The standard InChI is InChI=1S/C15H15N3O3S/c19-14(10-18-5-6-21-15(18)20)17-9-11-3-4-16-12(8-11)13-2-1-7-22-13/h1-4,7-8H,5-6,9-10H2,(H,17,19). The van der Waals surface area contributed by atoms with E-state index < -0.39 is 6.09 Å². The number of carbonyl (C=O) groups excluding carboxylic acids is 2. The van der Waals surface area contributed by atoms with Crippen molar-refractivity contribution in [3.05, 3.63) is 41.4 Å². The van der Waals surface area contributed by atoms with E-state index in [1.165, 1.54) is 4.90 Å². The van der Waals surface area contributed by atoms with Crippen LogP contribution in [0.1, 0.15) is 5.56 Å². The number of amides is 2. The first-order valence-electron chi connectivity index (χ1n) is 6.89. The number of nitrogens with one attached hydrogen (secondary N) is 1. The molecular formula is C15H15N3O3S. The zero-order valence-electron chi connectivity index (χ0n) is 11.8. The lowest BCUT2D eigenvalue weighted by Gasteiger charge is -2.12. The summed E-state index contributed by atoms with van der Waals surface area (Å²) in [6, 6.07) is 7.80. The fraction of sp³-hybridized carbons (Fsp3) is 0.267.